The molecule has 0 unspecified atom stereocenters. The monoisotopic (exact) mass is 376 g/mol. The van der Waals surface area contributed by atoms with E-state index in [2.05, 4.69) is 22.0 Å². The molecule has 0 aliphatic heterocycles. The first kappa shape index (κ1) is 16.0. The van der Waals surface area contributed by atoms with Crippen molar-refractivity contribution < 1.29 is 19.1 Å². The lowest BCUT2D eigenvalue weighted by Crippen LogP contribution is -2.33. The Morgan fingerprint density at radius 3 is 2.43 bits per heavy atom. The molecule has 5 heteroatoms. The first-order valence-corrected chi connectivity index (χ1v) is 8.39. The van der Waals surface area contributed by atoms with Gasteiger partial charge in [0.15, 0.2) is 6.10 Å². The standard InChI is InChI=1S/C18H17BrO4/c1-10(20)22-16-9-15(19)17-13-6-4-3-5-12(13)7-8-14(17)18(16)23-11(2)21/h3-8,15-16,18H,9H2,1-2H3/t15-,16-,18-/m0/s1. The molecule has 0 radical (unpaired) electrons. The van der Waals surface area contributed by atoms with Gasteiger partial charge in [0.2, 0.25) is 0 Å². The fraction of sp³-hybridized carbons (Fsp3) is 0.333. The van der Waals surface area contributed by atoms with Crippen LogP contribution in [-0.4, -0.2) is 18.0 Å². The number of benzene rings is 2. The topological polar surface area (TPSA) is 52.6 Å². The van der Waals surface area contributed by atoms with Crippen molar-refractivity contribution in [2.75, 3.05) is 0 Å². The quantitative estimate of drug-likeness (QED) is 0.581. The predicted molar refractivity (Wildman–Crippen MR) is 90.3 cm³/mol. The average Bonchev–Trinajstić information content (AvgIpc) is 2.49. The van der Waals surface area contributed by atoms with Crippen LogP contribution >= 0.6 is 15.9 Å². The van der Waals surface area contributed by atoms with E-state index in [1.807, 2.05) is 30.3 Å². The van der Waals surface area contributed by atoms with Crippen LogP contribution in [0.2, 0.25) is 0 Å². The molecular weight excluding hydrogens is 360 g/mol. The molecule has 0 aromatic heterocycles. The summed E-state index contributed by atoms with van der Waals surface area (Å²) in [6, 6.07) is 12.0. The molecule has 0 bridgehead atoms. The zero-order chi connectivity index (χ0) is 16.6. The van der Waals surface area contributed by atoms with Crippen molar-refractivity contribution in [1.29, 1.82) is 0 Å². The summed E-state index contributed by atoms with van der Waals surface area (Å²) < 4.78 is 10.9. The van der Waals surface area contributed by atoms with Crippen LogP contribution in [0, 0.1) is 0 Å². The van der Waals surface area contributed by atoms with Crippen molar-refractivity contribution in [1.82, 2.24) is 0 Å². The molecule has 0 N–H and O–H groups in total. The first-order chi connectivity index (χ1) is 11.0. The number of halogens is 1. The summed E-state index contributed by atoms with van der Waals surface area (Å²) in [5, 5.41) is 2.24. The second-order valence-electron chi connectivity index (χ2n) is 5.67. The van der Waals surface area contributed by atoms with Gasteiger partial charge in [-0.05, 0) is 16.3 Å². The van der Waals surface area contributed by atoms with Gasteiger partial charge in [-0.25, -0.2) is 0 Å². The van der Waals surface area contributed by atoms with Crippen molar-refractivity contribution in [2.24, 2.45) is 0 Å². The third-order valence-corrected chi connectivity index (χ3v) is 4.84. The summed E-state index contributed by atoms with van der Waals surface area (Å²) in [5.74, 6) is -0.768. The second-order valence-corrected chi connectivity index (χ2v) is 6.78. The highest BCUT2D eigenvalue weighted by molar-refractivity contribution is 9.09. The zero-order valence-electron chi connectivity index (χ0n) is 12.9. The number of fused-ring (bicyclic) bond motifs is 3. The fourth-order valence-corrected chi connectivity index (χ4v) is 4.08. The van der Waals surface area contributed by atoms with Gasteiger partial charge in [0.1, 0.15) is 6.10 Å². The Hall–Kier alpha value is -1.88. The highest BCUT2D eigenvalue weighted by atomic mass is 79.9. The molecule has 2 aromatic carbocycles. The maximum absolute atomic E-state index is 11.5. The van der Waals surface area contributed by atoms with Crippen LogP contribution in [0.4, 0.5) is 0 Å². The zero-order valence-corrected chi connectivity index (χ0v) is 14.5. The highest BCUT2D eigenvalue weighted by Gasteiger charge is 2.39. The van der Waals surface area contributed by atoms with Gasteiger partial charge in [-0.1, -0.05) is 52.3 Å². The highest BCUT2D eigenvalue weighted by Crippen LogP contribution is 2.46. The van der Waals surface area contributed by atoms with Gasteiger partial charge in [-0.3, -0.25) is 9.59 Å². The second kappa shape index (κ2) is 6.32. The minimum absolute atomic E-state index is 0.0276. The van der Waals surface area contributed by atoms with E-state index in [0.29, 0.717) is 6.42 Å². The number of hydrogen-bond acceptors (Lipinski definition) is 4. The minimum Gasteiger partial charge on any atom is -0.458 e. The van der Waals surface area contributed by atoms with Crippen LogP contribution in [0.15, 0.2) is 36.4 Å². The van der Waals surface area contributed by atoms with Gasteiger partial charge in [-0.15, -0.1) is 0 Å². The molecule has 120 valence electrons. The van der Waals surface area contributed by atoms with Crippen molar-refractivity contribution in [3.63, 3.8) is 0 Å². The van der Waals surface area contributed by atoms with Gasteiger partial charge in [0, 0.05) is 30.7 Å². The number of ether oxygens (including phenoxy) is 2. The summed E-state index contributed by atoms with van der Waals surface area (Å²) in [6.07, 6.45) is -0.516. The van der Waals surface area contributed by atoms with Gasteiger partial charge in [0.05, 0.1) is 0 Å². The van der Waals surface area contributed by atoms with E-state index in [1.54, 1.807) is 0 Å². The van der Waals surface area contributed by atoms with Crippen molar-refractivity contribution >= 4 is 38.6 Å². The molecular formula is C18H17BrO4. The smallest absolute Gasteiger partial charge is 0.303 e. The first-order valence-electron chi connectivity index (χ1n) is 7.47. The molecule has 0 saturated carbocycles. The van der Waals surface area contributed by atoms with Crippen LogP contribution in [0.3, 0.4) is 0 Å². The van der Waals surface area contributed by atoms with Crippen LogP contribution < -0.4 is 0 Å². The lowest BCUT2D eigenvalue weighted by Gasteiger charge is -2.35. The molecule has 3 atom stereocenters. The molecule has 1 aliphatic carbocycles. The van der Waals surface area contributed by atoms with E-state index in [9.17, 15) is 9.59 Å². The SMILES string of the molecule is CC(=O)O[C@H]1C[C@H](Br)c2c(ccc3ccccc23)[C@@H]1OC(C)=O. The normalized spacial score (nSPS) is 23.2. The third-order valence-electron chi connectivity index (χ3n) is 4.01. The molecule has 1 aliphatic rings. The molecule has 0 fully saturated rings. The summed E-state index contributed by atoms with van der Waals surface area (Å²) in [5.41, 5.74) is 1.98. The maximum Gasteiger partial charge on any atom is 0.303 e. The van der Waals surface area contributed by atoms with Crippen molar-refractivity contribution in [3.05, 3.63) is 47.5 Å². The predicted octanol–water partition coefficient (Wildman–Crippen LogP) is 4.22. The van der Waals surface area contributed by atoms with Crippen LogP contribution in [0.25, 0.3) is 10.8 Å². The number of carbonyl (C=O) groups is 2. The molecule has 0 spiro atoms. The van der Waals surface area contributed by atoms with Crippen molar-refractivity contribution in [2.45, 2.75) is 37.3 Å². The minimum atomic E-state index is -0.579. The molecule has 23 heavy (non-hydrogen) atoms. The molecule has 0 amide bonds. The van der Waals surface area contributed by atoms with Crippen LogP contribution in [0.1, 0.15) is 42.3 Å². The Balaban J connectivity index is 2.14. The molecule has 4 nitrogen and oxygen atoms in total. The van der Waals surface area contributed by atoms with Gasteiger partial charge >= 0.3 is 11.9 Å². The Bertz CT molecular complexity index is 771. The maximum atomic E-state index is 11.5. The molecule has 3 rings (SSSR count). The van der Waals surface area contributed by atoms with Gasteiger partial charge < -0.3 is 9.47 Å². The Kier molecular flexibility index (Phi) is 4.39. The fourth-order valence-electron chi connectivity index (χ4n) is 3.20. The number of rotatable bonds is 2. The third kappa shape index (κ3) is 3.11. The number of carbonyl (C=O) groups excluding carboxylic acids is 2. The van der Waals surface area contributed by atoms with E-state index >= 15 is 0 Å². The van der Waals surface area contributed by atoms with E-state index in [0.717, 1.165) is 21.9 Å². The summed E-state index contributed by atoms with van der Waals surface area (Å²) >= 11 is 3.70. The van der Waals surface area contributed by atoms with E-state index in [-0.39, 0.29) is 16.8 Å². The number of esters is 2. The van der Waals surface area contributed by atoms with Gasteiger partial charge in [-0.2, -0.15) is 0 Å². The van der Waals surface area contributed by atoms with E-state index in [1.165, 1.54) is 13.8 Å². The summed E-state index contributed by atoms with van der Waals surface area (Å²) in [4.78, 5) is 22.9. The molecule has 2 aromatic rings. The van der Waals surface area contributed by atoms with E-state index in [4.69, 9.17) is 9.47 Å². The Morgan fingerprint density at radius 1 is 1.04 bits per heavy atom. The van der Waals surface area contributed by atoms with E-state index < -0.39 is 12.2 Å². The molecule has 0 heterocycles. The summed E-state index contributed by atoms with van der Waals surface area (Å²) in [6.45, 7) is 2.73. The average molecular weight is 377 g/mol. The lowest BCUT2D eigenvalue weighted by molar-refractivity contribution is -0.167. The largest absolute Gasteiger partial charge is 0.458 e. The lowest BCUT2D eigenvalue weighted by atomic mass is 9.84. The number of alkyl halides is 1. The van der Waals surface area contributed by atoms with Crippen LogP contribution in [-0.2, 0) is 19.1 Å². The Labute approximate surface area is 142 Å². The Morgan fingerprint density at radius 2 is 1.74 bits per heavy atom. The molecule has 0 saturated heterocycles. The number of hydrogen-bond donors (Lipinski definition) is 0. The van der Waals surface area contributed by atoms with Gasteiger partial charge in [0.25, 0.3) is 0 Å². The van der Waals surface area contributed by atoms with Crippen molar-refractivity contribution in [3.8, 4) is 0 Å². The summed E-state index contributed by atoms with van der Waals surface area (Å²) in [7, 11) is 0. The van der Waals surface area contributed by atoms with Crippen LogP contribution in [0.5, 0.6) is 0 Å².